The van der Waals surface area contributed by atoms with Crippen LogP contribution in [0.5, 0.6) is 0 Å². The van der Waals surface area contributed by atoms with Crippen LogP contribution in [0.2, 0.25) is 0 Å². The maximum atomic E-state index is 13.1. The average molecular weight is 1500 g/mol. The molecule has 0 aromatic heterocycles. The number of carbonyl (C=O) groups is 4. The lowest BCUT2D eigenvalue weighted by molar-refractivity contribution is -0.161. The number of unbranched alkanes of at least 4 members (excludes halogenated alkanes) is 27. The van der Waals surface area contributed by atoms with Crippen LogP contribution in [0.15, 0.2) is 134 Å². The Labute approximate surface area is 631 Å². The second-order valence-electron chi connectivity index (χ2n) is 26.6. The Morgan fingerprint density at radius 2 is 0.510 bits per heavy atom. The third kappa shape index (κ3) is 75.4. The van der Waals surface area contributed by atoms with Crippen LogP contribution in [0.25, 0.3) is 0 Å². The van der Waals surface area contributed by atoms with Crippen LogP contribution in [0.4, 0.5) is 0 Å². The molecule has 0 bridgehead atoms. The standard InChI is InChI=1S/C85H144O17P2/c1-5-9-13-17-21-25-29-32-35-37-39-41-44-47-51-54-58-62-66-70-83(88)96-76-81(102-85(90)72-68-64-60-56-52-48-45-42-40-38-36-33-30-26-22-18-14-10-6-2)78-100-104(93,94)98-74-79(86)73-97-103(91,92)99-77-80(101-84(89)71-67-63-59-55-49-28-24-20-16-12-8-4)75-95-82(87)69-65-61-57-53-50-46-43-34-31-27-23-19-15-11-7-3/h11,15,20-27,32-36,39-43,50,53,79-81,86H,5-10,12-14,16-19,28-31,37-38,44-49,51-52,54-78H2,1-4H3,(H,91,92)(H,93,94)/b15-11-,24-20-,25-21-,26-22-,27-23-,35-32-,36-33-,41-39-,42-40-,43-34-,53-50-. The largest absolute Gasteiger partial charge is 0.472 e. The van der Waals surface area contributed by atoms with Gasteiger partial charge in [0.1, 0.15) is 19.3 Å². The Morgan fingerprint density at radius 1 is 0.279 bits per heavy atom. The predicted molar refractivity (Wildman–Crippen MR) is 427 cm³/mol. The Hall–Kier alpha value is -4.80. The van der Waals surface area contributed by atoms with Crippen LogP contribution < -0.4 is 0 Å². The van der Waals surface area contributed by atoms with Gasteiger partial charge in [0.25, 0.3) is 0 Å². The van der Waals surface area contributed by atoms with E-state index in [1.165, 1.54) is 51.4 Å². The minimum Gasteiger partial charge on any atom is -0.462 e. The number of esters is 4. The summed E-state index contributed by atoms with van der Waals surface area (Å²) in [6.45, 7) is 4.59. The summed E-state index contributed by atoms with van der Waals surface area (Å²) in [4.78, 5) is 73.0. The minimum atomic E-state index is -4.99. The zero-order valence-corrected chi connectivity index (χ0v) is 66.9. The number of phosphoric acid groups is 2. The summed E-state index contributed by atoms with van der Waals surface area (Å²) in [5.41, 5.74) is 0. The third-order valence-corrected chi connectivity index (χ3v) is 18.5. The van der Waals surface area contributed by atoms with Gasteiger partial charge in [0.2, 0.25) is 0 Å². The van der Waals surface area contributed by atoms with Gasteiger partial charge in [0.15, 0.2) is 12.2 Å². The first-order chi connectivity index (χ1) is 50.7. The predicted octanol–water partition coefficient (Wildman–Crippen LogP) is 23.7. The number of ether oxygens (including phenoxy) is 4. The molecule has 0 aromatic carbocycles. The Balaban J connectivity index is 5.40. The number of carbonyl (C=O) groups excluding carboxylic acids is 4. The molecular formula is C85H144O17P2. The molecule has 0 rings (SSSR count). The highest BCUT2D eigenvalue weighted by Gasteiger charge is 2.30. The Bertz CT molecular complexity index is 2490. The number of allylic oxidation sites excluding steroid dienone is 22. The lowest BCUT2D eigenvalue weighted by Gasteiger charge is -2.21. The maximum absolute atomic E-state index is 13.1. The molecule has 0 saturated carbocycles. The van der Waals surface area contributed by atoms with Gasteiger partial charge in [-0.2, -0.15) is 0 Å². The number of hydrogen-bond acceptors (Lipinski definition) is 15. The molecular weight excluding hydrogens is 1350 g/mol. The SMILES string of the molecule is CC/C=C\C/C=C\C/C=C\C/C=C\CCCCC(=O)OCC(COP(=O)(O)OCC(O)COP(=O)(O)OCC(COC(=O)CCCCCCCC/C=C\C/C=C\C/C=C\CCCCC)OC(=O)CCCCCCCC/C=C\C/C=C\C/C=C\CCCCC)OC(=O)CCCCCCC/C=C\CCCC. The van der Waals surface area contributed by atoms with Crippen LogP contribution in [0.1, 0.15) is 323 Å². The molecule has 104 heavy (non-hydrogen) atoms. The van der Waals surface area contributed by atoms with Crippen LogP contribution in [-0.4, -0.2) is 96.7 Å². The van der Waals surface area contributed by atoms with Crippen molar-refractivity contribution in [2.75, 3.05) is 39.6 Å². The van der Waals surface area contributed by atoms with Gasteiger partial charge in [-0.05, 0) is 161 Å². The van der Waals surface area contributed by atoms with Gasteiger partial charge in [-0.25, -0.2) is 9.13 Å². The molecule has 0 spiro atoms. The summed E-state index contributed by atoms with van der Waals surface area (Å²) in [5.74, 6) is -2.26. The molecule has 0 amide bonds. The molecule has 0 aliphatic rings. The van der Waals surface area contributed by atoms with Crippen LogP contribution in [0.3, 0.4) is 0 Å². The fourth-order valence-corrected chi connectivity index (χ4v) is 12.0. The molecule has 5 atom stereocenters. The smallest absolute Gasteiger partial charge is 0.462 e. The molecule has 0 radical (unpaired) electrons. The zero-order valence-electron chi connectivity index (χ0n) is 65.2. The topological polar surface area (TPSA) is 237 Å². The summed E-state index contributed by atoms with van der Waals surface area (Å²) in [5, 5.41) is 10.6. The molecule has 0 aliphatic heterocycles. The van der Waals surface area contributed by atoms with Crippen molar-refractivity contribution in [3.63, 3.8) is 0 Å². The van der Waals surface area contributed by atoms with Gasteiger partial charge in [0, 0.05) is 25.7 Å². The molecule has 596 valence electrons. The lowest BCUT2D eigenvalue weighted by Crippen LogP contribution is -2.30. The van der Waals surface area contributed by atoms with E-state index < -0.39 is 97.5 Å². The molecule has 0 heterocycles. The number of rotatable bonds is 75. The van der Waals surface area contributed by atoms with Gasteiger partial charge in [-0.1, -0.05) is 271 Å². The van der Waals surface area contributed by atoms with E-state index in [1.807, 2.05) is 0 Å². The Morgan fingerprint density at radius 3 is 0.827 bits per heavy atom. The summed E-state index contributed by atoms with van der Waals surface area (Å²) < 4.78 is 68.5. The fraction of sp³-hybridized carbons (Fsp3) is 0.694. The molecule has 3 N–H and O–H groups in total. The van der Waals surface area contributed by atoms with Crippen molar-refractivity contribution < 1.29 is 80.2 Å². The molecule has 17 nitrogen and oxygen atoms in total. The van der Waals surface area contributed by atoms with Gasteiger partial charge in [0.05, 0.1) is 26.4 Å². The van der Waals surface area contributed by atoms with Crippen LogP contribution >= 0.6 is 15.6 Å². The number of aliphatic hydroxyl groups excluding tert-OH is 1. The second-order valence-corrected chi connectivity index (χ2v) is 29.5. The molecule has 19 heteroatoms. The van der Waals surface area contributed by atoms with Crippen LogP contribution in [0, 0.1) is 0 Å². The number of phosphoric ester groups is 2. The maximum Gasteiger partial charge on any atom is 0.472 e. The summed E-state index contributed by atoms with van der Waals surface area (Å²) in [7, 11) is -9.98. The minimum absolute atomic E-state index is 0.0722. The molecule has 0 saturated heterocycles. The van der Waals surface area contributed by atoms with E-state index in [0.717, 1.165) is 193 Å². The normalized spacial score (nSPS) is 14.6. The average Bonchev–Trinajstić information content (AvgIpc) is 0.928. The first kappa shape index (κ1) is 99.2. The quantitative estimate of drug-likeness (QED) is 0.0169. The van der Waals surface area contributed by atoms with Crippen molar-refractivity contribution in [2.24, 2.45) is 0 Å². The number of hydrogen-bond donors (Lipinski definition) is 3. The van der Waals surface area contributed by atoms with Crippen molar-refractivity contribution in [3.8, 4) is 0 Å². The monoisotopic (exact) mass is 1500 g/mol. The highest BCUT2D eigenvalue weighted by Crippen LogP contribution is 2.45. The molecule has 0 aromatic rings. The fourth-order valence-electron chi connectivity index (χ4n) is 10.4. The van der Waals surface area contributed by atoms with Crippen molar-refractivity contribution in [1.82, 2.24) is 0 Å². The molecule has 0 fully saturated rings. The van der Waals surface area contributed by atoms with Gasteiger partial charge in [-0.3, -0.25) is 37.3 Å². The van der Waals surface area contributed by atoms with Crippen LogP contribution in [-0.2, 0) is 65.4 Å². The van der Waals surface area contributed by atoms with Crippen molar-refractivity contribution in [2.45, 2.75) is 341 Å². The van der Waals surface area contributed by atoms with Crippen molar-refractivity contribution in [3.05, 3.63) is 134 Å². The Kier molecular flexibility index (Phi) is 72.9. The molecule has 5 unspecified atom stereocenters. The van der Waals surface area contributed by atoms with Gasteiger partial charge in [-0.15, -0.1) is 0 Å². The van der Waals surface area contributed by atoms with E-state index in [2.05, 4.69) is 161 Å². The zero-order chi connectivity index (χ0) is 76.0. The number of aliphatic hydroxyl groups is 1. The van der Waals surface area contributed by atoms with Crippen molar-refractivity contribution >= 4 is 39.5 Å². The van der Waals surface area contributed by atoms with Crippen molar-refractivity contribution in [1.29, 1.82) is 0 Å². The van der Waals surface area contributed by atoms with E-state index in [9.17, 15) is 43.2 Å². The van der Waals surface area contributed by atoms with Gasteiger partial charge >= 0.3 is 39.5 Å². The van der Waals surface area contributed by atoms with Gasteiger partial charge < -0.3 is 33.8 Å². The van der Waals surface area contributed by atoms with E-state index in [4.69, 9.17) is 37.0 Å². The third-order valence-electron chi connectivity index (χ3n) is 16.6. The summed E-state index contributed by atoms with van der Waals surface area (Å²) >= 11 is 0. The summed E-state index contributed by atoms with van der Waals surface area (Å²) in [6.07, 6.45) is 85.8. The first-order valence-electron chi connectivity index (χ1n) is 40.4. The highest BCUT2D eigenvalue weighted by atomic mass is 31.2. The molecule has 0 aliphatic carbocycles. The van der Waals surface area contributed by atoms with E-state index in [-0.39, 0.29) is 25.7 Å². The van der Waals surface area contributed by atoms with E-state index in [1.54, 1.807) is 0 Å². The highest BCUT2D eigenvalue weighted by molar-refractivity contribution is 7.47. The summed E-state index contributed by atoms with van der Waals surface area (Å²) in [6, 6.07) is 0. The lowest BCUT2D eigenvalue weighted by atomic mass is 10.1. The van der Waals surface area contributed by atoms with E-state index in [0.29, 0.717) is 25.7 Å². The second kappa shape index (κ2) is 76.4. The first-order valence-corrected chi connectivity index (χ1v) is 43.4. The van der Waals surface area contributed by atoms with E-state index >= 15 is 0 Å².